The van der Waals surface area contributed by atoms with E-state index < -0.39 is 6.09 Å². The van der Waals surface area contributed by atoms with Gasteiger partial charge < -0.3 is 20.3 Å². The first kappa shape index (κ1) is 18.1. The quantitative estimate of drug-likeness (QED) is 0.893. The third-order valence-corrected chi connectivity index (χ3v) is 3.83. The smallest absolute Gasteiger partial charge is 0.410 e. The van der Waals surface area contributed by atoms with Crippen LogP contribution in [0.25, 0.3) is 0 Å². The molecule has 0 atom stereocenters. The first-order chi connectivity index (χ1) is 11.3. The average Bonchev–Trinajstić information content (AvgIpc) is 2.53. The highest BCUT2D eigenvalue weighted by Gasteiger charge is 2.25. The van der Waals surface area contributed by atoms with Gasteiger partial charge in [-0.3, -0.25) is 0 Å². The molecule has 0 bridgehead atoms. The van der Waals surface area contributed by atoms with Crippen LogP contribution in [-0.4, -0.2) is 42.7 Å². The molecule has 0 aromatic heterocycles. The number of ether oxygens (including phenoxy) is 1. The minimum Gasteiger partial charge on any atom is -0.410 e. The van der Waals surface area contributed by atoms with Crippen molar-refractivity contribution in [1.82, 2.24) is 15.5 Å². The number of carbonyl (C=O) groups excluding carboxylic acids is 2. The highest BCUT2D eigenvalue weighted by atomic mass is 16.6. The lowest BCUT2D eigenvalue weighted by atomic mass is 9.97. The monoisotopic (exact) mass is 333 g/mol. The molecule has 0 unspecified atom stereocenters. The largest absolute Gasteiger partial charge is 0.412 e. The van der Waals surface area contributed by atoms with Crippen molar-refractivity contribution in [2.45, 2.75) is 39.7 Å². The minimum absolute atomic E-state index is 0.0322. The number of carbonyl (C=O) groups is 2. The molecule has 6 nitrogen and oxygen atoms in total. The topological polar surface area (TPSA) is 70.7 Å². The van der Waals surface area contributed by atoms with Crippen molar-refractivity contribution in [3.8, 4) is 5.75 Å². The van der Waals surface area contributed by atoms with E-state index in [0.29, 0.717) is 25.4 Å². The fourth-order valence-electron chi connectivity index (χ4n) is 2.47. The number of urea groups is 1. The number of nitrogens with one attached hydrogen (secondary N) is 2. The Bertz CT molecular complexity index is 546. The number of piperidine rings is 1. The van der Waals surface area contributed by atoms with Gasteiger partial charge in [-0.1, -0.05) is 39.0 Å². The zero-order valence-corrected chi connectivity index (χ0v) is 14.7. The Morgan fingerprint density at radius 1 is 1.17 bits per heavy atom. The molecule has 0 saturated carbocycles. The van der Waals surface area contributed by atoms with Crippen molar-refractivity contribution in [2.24, 2.45) is 5.41 Å². The number of nitrogens with zero attached hydrogens (tertiary/aromatic N) is 1. The van der Waals surface area contributed by atoms with Crippen LogP contribution in [0, 0.1) is 5.41 Å². The van der Waals surface area contributed by atoms with E-state index in [2.05, 4.69) is 31.4 Å². The van der Waals surface area contributed by atoms with Crippen molar-refractivity contribution < 1.29 is 14.3 Å². The molecule has 0 aliphatic carbocycles. The lowest BCUT2D eigenvalue weighted by Gasteiger charge is -2.33. The van der Waals surface area contributed by atoms with E-state index in [1.165, 1.54) is 0 Å². The van der Waals surface area contributed by atoms with Gasteiger partial charge in [0.1, 0.15) is 5.75 Å². The summed E-state index contributed by atoms with van der Waals surface area (Å²) >= 11 is 0. The van der Waals surface area contributed by atoms with Gasteiger partial charge in [-0.05, 0) is 30.4 Å². The molecular weight excluding hydrogens is 306 g/mol. The van der Waals surface area contributed by atoms with Crippen LogP contribution >= 0.6 is 0 Å². The summed E-state index contributed by atoms with van der Waals surface area (Å²) in [6.45, 7) is 8.16. The number of rotatable bonds is 3. The van der Waals surface area contributed by atoms with E-state index >= 15 is 0 Å². The second-order valence-electron chi connectivity index (χ2n) is 7.33. The summed E-state index contributed by atoms with van der Waals surface area (Å²) < 4.78 is 5.22. The second kappa shape index (κ2) is 8.04. The summed E-state index contributed by atoms with van der Waals surface area (Å²) in [7, 11) is 0. The molecule has 1 aliphatic rings. The first-order valence-electron chi connectivity index (χ1n) is 8.40. The molecule has 1 saturated heterocycles. The summed E-state index contributed by atoms with van der Waals surface area (Å²) in [5.74, 6) is 0.522. The Labute approximate surface area is 143 Å². The Balaban J connectivity index is 1.70. The number of hydrogen-bond donors (Lipinski definition) is 2. The van der Waals surface area contributed by atoms with Gasteiger partial charge in [0.15, 0.2) is 0 Å². The van der Waals surface area contributed by atoms with Crippen LogP contribution in [0.4, 0.5) is 9.59 Å². The highest BCUT2D eigenvalue weighted by molar-refractivity contribution is 5.74. The number of benzene rings is 1. The minimum atomic E-state index is -0.447. The number of amides is 3. The maximum absolute atomic E-state index is 12.1. The average molecular weight is 333 g/mol. The van der Waals surface area contributed by atoms with Gasteiger partial charge in [0.2, 0.25) is 0 Å². The zero-order chi connectivity index (χ0) is 17.6. The van der Waals surface area contributed by atoms with Crippen LogP contribution < -0.4 is 15.4 Å². The van der Waals surface area contributed by atoms with Crippen molar-refractivity contribution in [1.29, 1.82) is 0 Å². The van der Waals surface area contributed by atoms with Crippen LogP contribution in [0.2, 0.25) is 0 Å². The molecule has 2 rings (SSSR count). The lowest BCUT2D eigenvalue weighted by molar-refractivity contribution is 0.165. The lowest BCUT2D eigenvalue weighted by Crippen LogP contribution is -2.50. The van der Waals surface area contributed by atoms with Crippen molar-refractivity contribution in [3.05, 3.63) is 30.3 Å². The van der Waals surface area contributed by atoms with Gasteiger partial charge in [-0.2, -0.15) is 0 Å². The fourth-order valence-corrected chi connectivity index (χ4v) is 2.47. The zero-order valence-electron chi connectivity index (χ0n) is 14.7. The van der Waals surface area contributed by atoms with E-state index in [-0.39, 0.29) is 17.5 Å². The highest BCUT2D eigenvalue weighted by Crippen LogP contribution is 2.14. The molecule has 0 spiro atoms. The Hall–Kier alpha value is -2.24. The SMILES string of the molecule is CC(C)(C)CNC(=O)N1CCC(NC(=O)Oc2ccccc2)CC1. The molecule has 1 fully saturated rings. The third kappa shape index (κ3) is 6.10. The van der Waals surface area contributed by atoms with Gasteiger partial charge in [-0.15, -0.1) is 0 Å². The Kier molecular flexibility index (Phi) is 6.06. The van der Waals surface area contributed by atoms with E-state index in [9.17, 15) is 9.59 Å². The summed E-state index contributed by atoms with van der Waals surface area (Å²) in [6.07, 6.45) is 1.01. The fraction of sp³-hybridized carbons (Fsp3) is 0.556. The standard InChI is InChI=1S/C18H27N3O3/c1-18(2,3)13-19-16(22)21-11-9-14(10-12-21)20-17(23)24-15-7-5-4-6-8-15/h4-8,14H,9-13H2,1-3H3,(H,19,22)(H,20,23). The van der Waals surface area contributed by atoms with Crippen LogP contribution in [0.5, 0.6) is 5.75 Å². The summed E-state index contributed by atoms with van der Waals surface area (Å²) in [5, 5.41) is 5.82. The molecule has 1 aromatic carbocycles. The number of likely N-dealkylation sites (tertiary alicyclic amines) is 1. The van der Waals surface area contributed by atoms with Crippen LogP contribution in [0.3, 0.4) is 0 Å². The Morgan fingerprint density at radius 3 is 2.38 bits per heavy atom. The van der Waals surface area contributed by atoms with Crippen molar-refractivity contribution >= 4 is 12.1 Å². The van der Waals surface area contributed by atoms with E-state index in [1.54, 1.807) is 17.0 Å². The molecule has 132 valence electrons. The molecule has 2 N–H and O–H groups in total. The molecule has 1 aromatic rings. The molecule has 24 heavy (non-hydrogen) atoms. The van der Waals surface area contributed by atoms with Crippen LogP contribution in [-0.2, 0) is 0 Å². The summed E-state index contributed by atoms with van der Waals surface area (Å²) in [6, 6.07) is 8.98. The maximum Gasteiger partial charge on any atom is 0.412 e. The molecular formula is C18H27N3O3. The van der Waals surface area contributed by atoms with Gasteiger partial charge in [0.25, 0.3) is 0 Å². The predicted molar refractivity (Wildman–Crippen MR) is 93.1 cm³/mol. The van der Waals surface area contributed by atoms with E-state index in [1.807, 2.05) is 18.2 Å². The Morgan fingerprint density at radius 2 is 1.79 bits per heavy atom. The molecule has 1 aliphatic heterocycles. The van der Waals surface area contributed by atoms with Gasteiger partial charge in [0.05, 0.1) is 0 Å². The number of para-hydroxylation sites is 1. The third-order valence-electron chi connectivity index (χ3n) is 3.83. The molecule has 0 radical (unpaired) electrons. The number of hydrogen-bond acceptors (Lipinski definition) is 3. The first-order valence-corrected chi connectivity index (χ1v) is 8.40. The van der Waals surface area contributed by atoms with Crippen LogP contribution in [0.15, 0.2) is 30.3 Å². The van der Waals surface area contributed by atoms with Crippen LogP contribution in [0.1, 0.15) is 33.6 Å². The van der Waals surface area contributed by atoms with E-state index in [0.717, 1.165) is 12.8 Å². The molecule has 1 heterocycles. The maximum atomic E-state index is 12.1. The molecule has 3 amide bonds. The van der Waals surface area contributed by atoms with Crippen molar-refractivity contribution in [3.63, 3.8) is 0 Å². The van der Waals surface area contributed by atoms with Gasteiger partial charge >= 0.3 is 12.1 Å². The summed E-state index contributed by atoms with van der Waals surface area (Å²) in [5.41, 5.74) is 0.0662. The van der Waals surface area contributed by atoms with Crippen molar-refractivity contribution in [2.75, 3.05) is 19.6 Å². The summed E-state index contributed by atoms with van der Waals surface area (Å²) in [4.78, 5) is 25.8. The molecule has 6 heteroatoms. The van der Waals surface area contributed by atoms with Gasteiger partial charge in [0, 0.05) is 25.7 Å². The van der Waals surface area contributed by atoms with E-state index in [4.69, 9.17) is 4.74 Å². The van der Waals surface area contributed by atoms with Gasteiger partial charge in [-0.25, -0.2) is 9.59 Å². The normalized spacial score (nSPS) is 15.7. The second-order valence-corrected chi connectivity index (χ2v) is 7.33. The predicted octanol–water partition coefficient (Wildman–Crippen LogP) is 3.00.